The van der Waals surface area contributed by atoms with Gasteiger partial charge in [-0.1, -0.05) is 70.7 Å². The third-order valence-electron chi connectivity index (χ3n) is 2.35. The molecule has 0 spiro atoms. The van der Waals surface area contributed by atoms with E-state index < -0.39 is 0 Å². The molecule has 0 aromatic carbocycles. The molecular weight excluding hydrogens is 190 g/mol. The SMILES string of the molecule is CCCCCCCCCCSNCC. The maximum atomic E-state index is 3.28. The monoisotopic (exact) mass is 217 g/mol. The molecule has 1 N–H and O–H groups in total. The van der Waals surface area contributed by atoms with Gasteiger partial charge in [0.2, 0.25) is 0 Å². The largest absolute Gasteiger partial charge is 0.264 e. The number of nitrogens with one attached hydrogen (secondary N) is 1. The molecule has 0 fully saturated rings. The quantitative estimate of drug-likeness (QED) is 0.407. The summed E-state index contributed by atoms with van der Waals surface area (Å²) in [5.74, 6) is 1.28. The van der Waals surface area contributed by atoms with E-state index in [9.17, 15) is 0 Å². The van der Waals surface area contributed by atoms with E-state index in [-0.39, 0.29) is 0 Å². The molecule has 0 aromatic rings. The molecule has 0 aliphatic heterocycles. The maximum Gasteiger partial charge on any atom is 0.00786 e. The minimum absolute atomic E-state index is 1.09. The van der Waals surface area contributed by atoms with Crippen LogP contribution in [0.5, 0.6) is 0 Å². The number of rotatable bonds is 11. The molecule has 0 atom stereocenters. The third-order valence-corrected chi connectivity index (χ3v) is 3.33. The van der Waals surface area contributed by atoms with Crippen molar-refractivity contribution in [3.63, 3.8) is 0 Å². The summed E-state index contributed by atoms with van der Waals surface area (Å²) in [4.78, 5) is 0. The predicted molar refractivity (Wildman–Crippen MR) is 68.7 cm³/mol. The second kappa shape index (κ2) is 13.3. The smallest absolute Gasteiger partial charge is 0.00786 e. The molecule has 0 saturated heterocycles. The second-order valence-corrected chi connectivity index (χ2v) is 4.81. The van der Waals surface area contributed by atoms with E-state index in [1.165, 1.54) is 57.1 Å². The van der Waals surface area contributed by atoms with Gasteiger partial charge in [0.25, 0.3) is 0 Å². The van der Waals surface area contributed by atoms with Crippen molar-refractivity contribution in [1.82, 2.24) is 4.72 Å². The average Bonchev–Trinajstić information content (AvgIpc) is 2.21. The van der Waals surface area contributed by atoms with Crippen LogP contribution < -0.4 is 4.72 Å². The van der Waals surface area contributed by atoms with E-state index in [0.717, 1.165) is 6.54 Å². The standard InChI is InChI=1S/C12H27NS/c1-3-5-6-7-8-9-10-11-12-14-13-4-2/h13H,3-12H2,1-2H3. The summed E-state index contributed by atoms with van der Waals surface area (Å²) >= 11 is 1.88. The highest BCUT2D eigenvalue weighted by atomic mass is 32.2. The Hall–Kier alpha value is 0.310. The first-order valence-electron chi connectivity index (χ1n) is 6.26. The molecule has 0 amide bonds. The van der Waals surface area contributed by atoms with Crippen molar-refractivity contribution < 1.29 is 0 Å². The summed E-state index contributed by atoms with van der Waals surface area (Å²) in [7, 11) is 0. The molecule has 1 nitrogen and oxygen atoms in total. The van der Waals surface area contributed by atoms with Gasteiger partial charge in [-0.15, -0.1) is 0 Å². The Balaban J connectivity index is 2.78. The summed E-state index contributed by atoms with van der Waals surface area (Å²) in [6.45, 7) is 5.51. The van der Waals surface area contributed by atoms with Crippen molar-refractivity contribution in [1.29, 1.82) is 0 Å². The minimum Gasteiger partial charge on any atom is -0.264 e. The summed E-state index contributed by atoms with van der Waals surface area (Å²) in [6.07, 6.45) is 11.4. The fourth-order valence-electron chi connectivity index (χ4n) is 1.48. The summed E-state index contributed by atoms with van der Waals surface area (Å²) in [5, 5.41) is 0. The van der Waals surface area contributed by atoms with Crippen LogP contribution >= 0.6 is 11.9 Å². The van der Waals surface area contributed by atoms with Crippen molar-refractivity contribution in [2.24, 2.45) is 0 Å². The van der Waals surface area contributed by atoms with Crippen LogP contribution in [0.3, 0.4) is 0 Å². The Bertz CT molecular complexity index is 84.3. The summed E-state index contributed by atoms with van der Waals surface area (Å²) < 4.78 is 3.28. The van der Waals surface area contributed by atoms with E-state index in [0.29, 0.717) is 0 Å². The van der Waals surface area contributed by atoms with Gasteiger partial charge in [-0.25, -0.2) is 0 Å². The topological polar surface area (TPSA) is 12.0 Å². The molecule has 86 valence electrons. The van der Waals surface area contributed by atoms with Crippen LogP contribution in [-0.2, 0) is 0 Å². The Morgan fingerprint density at radius 1 is 0.786 bits per heavy atom. The Morgan fingerprint density at radius 3 is 1.93 bits per heavy atom. The Labute approximate surface area is 94.6 Å². The van der Waals surface area contributed by atoms with Gasteiger partial charge < -0.3 is 0 Å². The molecule has 0 heterocycles. The van der Waals surface area contributed by atoms with E-state index in [2.05, 4.69) is 18.6 Å². The van der Waals surface area contributed by atoms with Gasteiger partial charge in [0, 0.05) is 12.3 Å². The van der Waals surface area contributed by atoms with Gasteiger partial charge in [-0.2, -0.15) is 0 Å². The first-order valence-corrected chi connectivity index (χ1v) is 7.25. The zero-order valence-corrected chi connectivity index (χ0v) is 10.8. The number of hydrogen-bond donors (Lipinski definition) is 1. The number of unbranched alkanes of at least 4 members (excludes halogenated alkanes) is 7. The lowest BCUT2D eigenvalue weighted by atomic mass is 10.1. The molecular formula is C12H27NS. The maximum absolute atomic E-state index is 3.28. The van der Waals surface area contributed by atoms with Crippen LogP contribution in [-0.4, -0.2) is 12.3 Å². The lowest BCUT2D eigenvalue weighted by molar-refractivity contribution is 0.586. The van der Waals surface area contributed by atoms with E-state index >= 15 is 0 Å². The highest BCUT2D eigenvalue weighted by Crippen LogP contribution is 2.09. The molecule has 0 bridgehead atoms. The lowest BCUT2D eigenvalue weighted by Crippen LogP contribution is -2.01. The molecule has 0 aromatic heterocycles. The van der Waals surface area contributed by atoms with Crippen LogP contribution in [0.15, 0.2) is 0 Å². The zero-order chi connectivity index (χ0) is 10.5. The Kier molecular flexibility index (Phi) is 13.6. The van der Waals surface area contributed by atoms with Gasteiger partial charge in [-0.05, 0) is 6.42 Å². The average molecular weight is 217 g/mol. The molecule has 14 heavy (non-hydrogen) atoms. The van der Waals surface area contributed by atoms with Gasteiger partial charge in [0.15, 0.2) is 0 Å². The molecule has 0 rings (SSSR count). The van der Waals surface area contributed by atoms with Crippen molar-refractivity contribution in [3.05, 3.63) is 0 Å². The van der Waals surface area contributed by atoms with Crippen LogP contribution in [0.25, 0.3) is 0 Å². The van der Waals surface area contributed by atoms with Crippen LogP contribution in [0, 0.1) is 0 Å². The van der Waals surface area contributed by atoms with Crippen molar-refractivity contribution in [2.75, 3.05) is 12.3 Å². The molecule has 0 radical (unpaired) electrons. The molecule has 0 unspecified atom stereocenters. The van der Waals surface area contributed by atoms with Crippen LogP contribution in [0.2, 0.25) is 0 Å². The minimum atomic E-state index is 1.09. The van der Waals surface area contributed by atoms with Crippen molar-refractivity contribution >= 4 is 11.9 Å². The van der Waals surface area contributed by atoms with Gasteiger partial charge in [0.05, 0.1) is 0 Å². The van der Waals surface area contributed by atoms with E-state index in [1.807, 2.05) is 11.9 Å². The highest BCUT2D eigenvalue weighted by Gasteiger charge is 1.91. The second-order valence-electron chi connectivity index (χ2n) is 3.82. The first-order chi connectivity index (χ1) is 6.91. The summed E-state index contributed by atoms with van der Waals surface area (Å²) in [6, 6.07) is 0. The third kappa shape index (κ3) is 12.3. The number of hydrogen-bond acceptors (Lipinski definition) is 2. The molecule has 0 aliphatic carbocycles. The van der Waals surface area contributed by atoms with Gasteiger partial charge in [-0.3, -0.25) is 4.72 Å². The van der Waals surface area contributed by atoms with E-state index in [1.54, 1.807) is 0 Å². The van der Waals surface area contributed by atoms with Gasteiger partial charge in [0.1, 0.15) is 0 Å². The Morgan fingerprint density at radius 2 is 1.36 bits per heavy atom. The van der Waals surface area contributed by atoms with Crippen LogP contribution in [0.4, 0.5) is 0 Å². The molecule has 0 saturated carbocycles. The molecule has 2 heteroatoms. The van der Waals surface area contributed by atoms with E-state index in [4.69, 9.17) is 0 Å². The normalized spacial score (nSPS) is 10.7. The first kappa shape index (κ1) is 14.3. The van der Waals surface area contributed by atoms with Crippen molar-refractivity contribution in [3.8, 4) is 0 Å². The fourth-order valence-corrected chi connectivity index (χ4v) is 2.18. The highest BCUT2D eigenvalue weighted by molar-refractivity contribution is 7.97. The van der Waals surface area contributed by atoms with Crippen LogP contribution in [0.1, 0.15) is 65.2 Å². The predicted octanol–water partition coefficient (Wildman–Crippen LogP) is 4.38. The van der Waals surface area contributed by atoms with Gasteiger partial charge >= 0.3 is 0 Å². The molecule has 0 aliphatic rings. The lowest BCUT2D eigenvalue weighted by Gasteiger charge is -2.02. The van der Waals surface area contributed by atoms with Crippen molar-refractivity contribution in [2.45, 2.75) is 65.2 Å². The summed E-state index contributed by atoms with van der Waals surface area (Å²) in [5.41, 5.74) is 0. The fraction of sp³-hybridized carbons (Fsp3) is 1.00. The zero-order valence-electron chi connectivity index (χ0n) is 9.98.